The lowest BCUT2D eigenvalue weighted by Crippen LogP contribution is -3.00. The Bertz CT molecular complexity index is 727. The second-order valence-corrected chi connectivity index (χ2v) is 5.36. The van der Waals surface area contributed by atoms with E-state index in [9.17, 15) is 4.79 Å². The Balaban J connectivity index is 0.00000312. The summed E-state index contributed by atoms with van der Waals surface area (Å²) >= 11 is 0. The maximum absolute atomic E-state index is 11.9. The molecule has 0 saturated carbocycles. The number of pyridine rings is 2. The molecule has 2 aromatic heterocycles. The SMILES string of the molecule is CC(C)OC(=O)c1ccc[n+](COC[n+]2ccccc2C=NO)c1.[I-].[I-]. The maximum atomic E-state index is 11.9. The summed E-state index contributed by atoms with van der Waals surface area (Å²) in [7, 11) is 0. The van der Waals surface area contributed by atoms with Crippen LogP contribution in [0, 0.1) is 0 Å². The molecule has 7 nitrogen and oxygen atoms in total. The summed E-state index contributed by atoms with van der Waals surface area (Å²) < 4.78 is 14.4. The van der Waals surface area contributed by atoms with Gasteiger partial charge < -0.3 is 57.9 Å². The average molecular weight is 585 g/mol. The molecule has 0 fully saturated rings. The third-order valence-corrected chi connectivity index (χ3v) is 3.07. The predicted octanol–water partition coefficient (Wildman–Crippen LogP) is -4.73. The third kappa shape index (κ3) is 7.91. The minimum Gasteiger partial charge on any atom is -1.00 e. The first kappa shape index (κ1) is 24.7. The van der Waals surface area contributed by atoms with Gasteiger partial charge in [-0.15, -0.1) is 0 Å². The minimum atomic E-state index is -0.363. The molecular formula is C17H21I2N3O4. The van der Waals surface area contributed by atoms with Gasteiger partial charge in [-0.2, -0.15) is 9.13 Å². The van der Waals surface area contributed by atoms with Gasteiger partial charge in [0.2, 0.25) is 5.69 Å². The van der Waals surface area contributed by atoms with Crippen molar-refractivity contribution in [2.75, 3.05) is 0 Å². The number of esters is 1. The van der Waals surface area contributed by atoms with Gasteiger partial charge >= 0.3 is 5.97 Å². The van der Waals surface area contributed by atoms with Crippen LogP contribution in [0.2, 0.25) is 0 Å². The first-order valence-corrected chi connectivity index (χ1v) is 7.54. The molecule has 26 heavy (non-hydrogen) atoms. The van der Waals surface area contributed by atoms with Crippen LogP contribution in [0.4, 0.5) is 0 Å². The summed E-state index contributed by atoms with van der Waals surface area (Å²) in [6.45, 7) is 4.15. The molecule has 0 spiro atoms. The van der Waals surface area contributed by atoms with Crippen LogP contribution in [-0.2, 0) is 22.9 Å². The zero-order valence-electron chi connectivity index (χ0n) is 14.5. The van der Waals surface area contributed by atoms with Crippen molar-refractivity contribution in [3.8, 4) is 0 Å². The van der Waals surface area contributed by atoms with Crippen LogP contribution in [0.3, 0.4) is 0 Å². The lowest BCUT2D eigenvalue weighted by atomic mass is 10.3. The van der Waals surface area contributed by atoms with Crippen molar-refractivity contribution >= 4 is 12.2 Å². The number of hydrogen-bond acceptors (Lipinski definition) is 5. The normalized spacial score (nSPS) is 10.3. The van der Waals surface area contributed by atoms with Crippen molar-refractivity contribution in [3.63, 3.8) is 0 Å². The highest BCUT2D eigenvalue weighted by Gasteiger charge is 2.14. The van der Waals surface area contributed by atoms with Gasteiger partial charge in [-0.3, -0.25) is 4.74 Å². The van der Waals surface area contributed by atoms with Gasteiger partial charge in [-0.1, -0.05) is 5.16 Å². The van der Waals surface area contributed by atoms with Gasteiger partial charge in [-0.05, 0) is 26.0 Å². The molecule has 0 saturated heterocycles. The monoisotopic (exact) mass is 585 g/mol. The molecule has 0 radical (unpaired) electrons. The van der Waals surface area contributed by atoms with Crippen molar-refractivity contribution in [1.82, 2.24) is 0 Å². The van der Waals surface area contributed by atoms with Crippen molar-refractivity contribution in [2.24, 2.45) is 5.16 Å². The summed E-state index contributed by atoms with van der Waals surface area (Å²) in [6.07, 6.45) is 6.47. The lowest BCUT2D eigenvalue weighted by molar-refractivity contribution is -0.788. The molecule has 0 amide bonds. The van der Waals surface area contributed by atoms with Crippen LogP contribution >= 0.6 is 0 Å². The molecule has 142 valence electrons. The molecule has 1 N–H and O–H groups in total. The predicted molar refractivity (Wildman–Crippen MR) is 84.3 cm³/mol. The molecule has 0 bridgehead atoms. The number of carbonyl (C=O) groups is 1. The van der Waals surface area contributed by atoms with E-state index in [2.05, 4.69) is 5.16 Å². The molecule has 0 aromatic carbocycles. The number of halogens is 2. The van der Waals surface area contributed by atoms with Crippen LogP contribution in [0.1, 0.15) is 29.9 Å². The van der Waals surface area contributed by atoms with Crippen molar-refractivity contribution < 1.29 is 76.6 Å². The summed E-state index contributed by atoms with van der Waals surface area (Å²) in [4.78, 5) is 11.9. The van der Waals surface area contributed by atoms with Gasteiger partial charge in [0.05, 0.1) is 6.10 Å². The molecule has 0 aliphatic heterocycles. The summed E-state index contributed by atoms with van der Waals surface area (Å²) in [5, 5.41) is 11.7. The summed E-state index contributed by atoms with van der Waals surface area (Å²) in [5.41, 5.74) is 1.18. The first-order chi connectivity index (χ1) is 11.6. The second-order valence-electron chi connectivity index (χ2n) is 5.36. The van der Waals surface area contributed by atoms with Gasteiger partial charge in [0.1, 0.15) is 11.8 Å². The summed E-state index contributed by atoms with van der Waals surface area (Å²) in [6, 6.07) is 8.96. The quantitative estimate of drug-likeness (QED) is 0.0886. The van der Waals surface area contributed by atoms with Crippen LogP contribution < -0.4 is 57.1 Å². The standard InChI is InChI=1S/C17H20N3O4.2HI/c1-14(2)24-17(21)15-6-5-8-19(11-15)12-23-13-20-9-4-3-7-16(20)10-18-22;;/h3-11,14H,12-13H2,1-2H3;2*1H/q+1;;/p-1. The van der Waals surface area contributed by atoms with E-state index in [0.717, 1.165) is 0 Å². The molecule has 0 aliphatic carbocycles. The number of carbonyl (C=O) groups excluding carboxylic acids is 1. The molecule has 0 unspecified atom stereocenters. The Labute approximate surface area is 186 Å². The lowest BCUT2D eigenvalue weighted by Gasteiger charge is -2.06. The fourth-order valence-corrected chi connectivity index (χ4v) is 2.03. The van der Waals surface area contributed by atoms with E-state index in [4.69, 9.17) is 14.7 Å². The van der Waals surface area contributed by atoms with Crippen molar-refractivity contribution in [1.29, 1.82) is 0 Å². The van der Waals surface area contributed by atoms with E-state index in [1.165, 1.54) is 6.21 Å². The van der Waals surface area contributed by atoms with Gasteiger partial charge in [-0.25, -0.2) is 4.79 Å². The summed E-state index contributed by atoms with van der Waals surface area (Å²) in [5.74, 6) is -0.363. The Kier molecular flexibility index (Phi) is 12.3. The number of aromatic nitrogens is 2. The van der Waals surface area contributed by atoms with E-state index in [1.54, 1.807) is 39.7 Å². The zero-order chi connectivity index (χ0) is 17.4. The number of nitrogens with zero attached hydrogens (tertiary/aromatic N) is 3. The molecule has 2 heterocycles. The van der Waals surface area contributed by atoms with Crippen LogP contribution in [0.25, 0.3) is 0 Å². The number of oxime groups is 1. The van der Waals surface area contributed by atoms with Crippen LogP contribution in [0.5, 0.6) is 0 Å². The van der Waals surface area contributed by atoms with E-state index < -0.39 is 0 Å². The second kappa shape index (κ2) is 12.9. The minimum absolute atomic E-state index is 0. The smallest absolute Gasteiger partial charge is 0.344 e. The van der Waals surface area contributed by atoms with E-state index in [0.29, 0.717) is 11.3 Å². The van der Waals surface area contributed by atoms with Crippen LogP contribution in [-0.4, -0.2) is 23.5 Å². The highest BCUT2D eigenvalue weighted by Crippen LogP contribution is 2.01. The van der Waals surface area contributed by atoms with E-state index >= 15 is 0 Å². The third-order valence-electron chi connectivity index (χ3n) is 3.07. The Hall–Kier alpha value is -1.34. The number of rotatable bonds is 7. The Morgan fingerprint density at radius 1 is 1.19 bits per heavy atom. The number of hydrogen-bond donors (Lipinski definition) is 1. The maximum Gasteiger partial charge on any atom is 0.344 e. The van der Waals surface area contributed by atoms with E-state index in [1.807, 2.05) is 32.2 Å². The van der Waals surface area contributed by atoms with Gasteiger partial charge in [0, 0.05) is 18.2 Å². The van der Waals surface area contributed by atoms with Crippen molar-refractivity contribution in [3.05, 3.63) is 60.2 Å². The Morgan fingerprint density at radius 3 is 2.65 bits per heavy atom. The van der Waals surface area contributed by atoms with Gasteiger partial charge in [0.15, 0.2) is 18.6 Å². The average Bonchev–Trinajstić information content (AvgIpc) is 2.56. The van der Waals surface area contributed by atoms with Gasteiger partial charge in [0.25, 0.3) is 13.5 Å². The molecule has 9 heteroatoms. The molecule has 2 aromatic rings. The molecule has 2 rings (SSSR count). The first-order valence-electron chi connectivity index (χ1n) is 7.54. The molecular weight excluding hydrogens is 564 g/mol. The van der Waals surface area contributed by atoms with E-state index in [-0.39, 0.29) is 73.5 Å². The number of ether oxygens (including phenoxy) is 2. The topological polar surface area (TPSA) is 75.9 Å². The largest absolute Gasteiger partial charge is 1.00 e. The fourth-order valence-electron chi connectivity index (χ4n) is 2.03. The highest BCUT2D eigenvalue weighted by atomic mass is 127. The fraction of sp³-hybridized carbons (Fsp3) is 0.294. The zero-order valence-corrected chi connectivity index (χ0v) is 18.8. The van der Waals surface area contributed by atoms with Crippen LogP contribution in [0.15, 0.2) is 54.1 Å². The Morgan fingerprint density at radius 2 is 1.96 bits per heavy atom. The highest BCUT2D eigenvalue weighted by molar-refractivity contribution is 5.88. The molecule has 0 aliphatic rings. The van der Waals surface area contributed by atoms with Crippen molar-refractivity contribution in [2.45, 2.75) is 33.4 Å². The molecule has 0 atom stereocenters.